The van der Waals surface area contributed by atoms with Crippen molar-refractivity contribution in [1.82, 2.24) is 30.4 Å². The maximum Gasteiger partial charge on any atom is 0.191 e. The third-order valence-corrected chi connectivity index (χ3v) is 4.47. The van der Waals surface area contributed by atoms with E-state index < -0.39 is 0 Å². The Labute approximate surface area is 175 Å². The van der Waals surface area contributed by atoms with Gasteiger partial charge in [0, 0.05) is 38.9 Å². The summed E-state index contributed by atoms with van der Waals surface area (Å²) < 4.78 is 15.8. The number of anilines is 1. The van der Waals surface area contributed by atoms with E-state index in [9.17, 15) is 4.39 Å². The van der Waals surface area contributed by atoms with Crippen LogP contribution in [0, 0.1) is 12.7 Å². The Morgan fingerprint density at radius 3 is 2.89 bits per heavy atom. The predicted molar refractivity (Wildman–Crippen MR) is 114 cm³/mol. The number of nitrogens with one attached hydrogen (secondary N) is 2. The molecule has 8 nitrogen and oxygen atoms in total. The predicted octanol–water partition coefficient (Wildman–Crippen LogP) is 1.61. The summed E-state index contributed by atoms with van der Waals surface area (Å²) in [5.74, 6) is 2.52. The molecule has 0 aromatic carbocycles. The highest BCUT2D eigenvalue weighted by Crippen LogP contribution is 2.20. The second kappa shape index (κ2) is 9.81. The number of hydrogen-bond donors (Lipinski definition) is 2. The van der Waals surface area contributed by atoms with E-state index in [1.165, 1.54) is 6.07 Å². The lowest BCUT2D eigenvalue weighted by molar-refractivity contribution is 0.612. The second-order valence-corrected chi connectivity index (χ2v) is 6.30. The van der Waals surface area contributed by atoms with Crippen molar-refractivity contribution in [3.8, 4) is 0 Å². The number of halogens is 2. The first-order valence-electron chi connectivity index (χ1n) is 8.83. The van der Waals surface area contributed by atoms with Crippen molar-refractivity contribution in [2.45, 2.75) is 32.9 Å². The average Bonchev–Trinajstić information content (AvgIpc) is 3.21. The fraction of sp³-hybridized carbons (Fsp3) is 0.529. The average molecular weight is 488 g/mol. The van der Waals surface area contributed by atoms with Crippen LogP contribution in [0.15, 0.2) is 23.3 Å². The van der Waals surface area contributed by atoms with Crippen LogP contribution < -0.4 is 15.5 Å². The van der Waals surface area contributed by atoms with E-state index in [0.717, 1.165) is 37.1 Å². The molecule has 1 aliphatic rings. The lowest BCUT2D eigenvalue weighted by atomic mass is 10.3. The number of hydrogen-bond acceptors (Lipinski definition) is 5. The lowest BCUT2D eigenvalue weighted by Gasteiger charge is -2.19. The first-order chi connectivity index (χ1) is 12.6. The fourth-order valence-corrected chi connectivity index (χ4v) is 2.93. The lowest BCUT2D eigenvalue weighted by Crippen LogP contribution is -2.44. The van der Waals surface area contributed by atoms with Crippen LogP contribution in [0.5, 0.6) is 0 Å². The van der Waals surface area contributed by atoms with E-state index in [4.69, 9.17) is 0 Å². The van der Waals surface area contributed by atoms with Crippen molar-refractivity contribution in [2.75, 3.05) is 24.5 Å². The Hall–Kier alpha value is -1.98. The summed E-state index contributed by atoms with van der Waals surface area (Å²) in [5, 5.41) is 14.8. The SMILES string of the molecule is CCNC(=NCc1nnc(C)n1C)NC1CCN(c2ncccc2F)C1.I. The largest absolute Gasteiger partial charge is 0.357 e. The van der Waals surface area contributed by atoms with Gasteiger partial charge in [-0.1, -0.05) is 0 Å². The molecule has 0 bridgehead atoms. The van der Waals surface area contributed by atoms with E-state index in [2.05, 4.69) is 30.8 Å². The van der Waals surface area contributed by atoms with Gasteiger partial charge < -0.3 is 20.1 Å². The number of pyridine rings is 1. The summed E-state index contributed by atoms with van der Waals surface area (Å²) >= 11 is 0. The van der Waals surface area contributed by atoms with Gasteiger partial charge in [0.2, 0.25) is 0 Å². The van der Waals surface area contributed by atoms with Gasteiger partial charge in [-0.3, -0.25) is 0 Å². The number of nitrogens with zero attached hydrogens (tertiary/aromatic N) is 6. The molecule has 0 spiro atoms. The monoisotopic (exact) mass is 488 g/mol. The Morgan fingerprint density at radius 1 is 1.41 bits per heavy atom. The van der Waals surface area contributed by atoms with Crippen molar-refractivity contribution < 1.29 is 4.39 Å². The minimum absolute atomic E-state index is 0. The van der Waals surface area contributed by atoms with E-state index in [0.29, 0.717) is 18.9 Å². The molecule has 1 unspecified atom stereocenters. The van der Waals surface area contributed by atoms with E-state index in [1.54, 1.807) is 12.3 Å². The highest BCUT2D eigenvalue weighted by atomic mass is 127. The molecular weight excluding hydrogens is 462 g/mol. The van der Waals surface area contributed by atoms with Crippen LogP contribution >= 0.6 is 24.0 Å². The molecule has 3 rings (SSSR count). The molecule has 0 saturated carbocycles. The molecule has 148 valence electrons. The van der Waals surface area contributed by atoms with Crippen molar-refractivity contribution >= 4 is 35.8 Å². The van der Waals surface area contributed by atoms with Gasteiger partial charge in [-0.05, 0) is 32.4 Å². The van der Waals surface area contributed by atoms with E-state index >= 15 is 0 Å². The van der Waals surface area contributed by atoms with Gasteiger partial charge in [0.25, 0.3) is 0 Å². The van der Waals surface area contributed by atoms with Crippen LogP contribution in [-0.4, -0.2) is 51.4 Å². The molecule has 0 aliphatic carbocycles. The smallest absolute Gasteiger partial charge is 0.191 e. The molecule has 2 N–H and O–H groups in total. The van der Waals surface area contributed by atoms with Crippen molar-refractivity contribution in [1.29, 1.82) is 0 Å². The molecule has 2 aromatic rings. The third kappa shape index (κ3) is 5.27. The zero-order valence-corrected chi connectivity index (χ0v) is 18.1. The fourth-order valence-electron chi connectivity index (χ4n) is 2.93. The van der Waals surface area contributed by atoms with Crippen LogP contribution in [-0.2, 0) is 13.6 Å². The molecule has 3 heterocycles. The third-order valence-electron chi connectivity index (χ3n) is 4.47. The summed E-state index contributed by atoms with van der Waals surface area (Å²) in [6.45, 7) is 6.57. The Bertz CT molecular complexity index is 778. The van der Waals surface area contributed by atoms with Gasteiger partial charge in [0.05, 0.1) is 0 Å². The van der Waals surface area contributed by atoms with E-state index in [-0.39, 0.29) is 35.8 Å². The number of rotatable bonds is 5. The van der Waals surface area contributed by atoms with Gasteiger partial charge in [-0.2, -0.15) is 0 Å². The molecule has 1 saturated heterocycles. The van der Waals surface area contributed by atoms with Crippen LogP contribution in [0.25, 0.3) is 0 Å². The number of aryl methyl sites for hydroxylation is 1. The summed E-state index contributed by atoms with van der Waals surface area (Å²) in [6, 6.07) is 3.22. The van der Waals surface area contributed by atoms with Crippen LogP contribution in [0.4, 0.5) is 10.2 Å². The van der Waals surface area contributed by atoms with Gasteiger partial charge in [-0.15, -0.1) is 34.2 Å². The maximum atomic E-state index is 13.9. The van der Waals surface area contributed by atoms with Crippen molar-refractivity contribution in [3.63, 3.8) is 0 Å². The van der Waals surface area contributed by atoms with Gasteiger partial charge >= 0.3 is 0 Å². The highest BCUT2D eigenvalue weighted by Gasteiger charge is 2.25. The topological polar surface area (TPSA) is 83.3 Å². The minimum Gasteiger partial charge on any atom is -0.357 e. The van der Waals surface area contributed by atoms with Crippen LogP contribution in [0.3, 0.4) is 0 Å². The van der Waals surface area contributed by atoms with Crippen molar-refractivity contribution in [3.05, 3.63) is 35.8 Å². The van der Waals surface area contributed by atoms with Crippen LogP contribution in [0.1, 0.15) is 25.0 Å². The van der Waals surface area contributed by atoms with Crippen molar-refractivity contribution in [2.24, 2.45) is 12.0 Å². The summed E-state index contributed by atoms with van der Waals surface area (Å²) in [6.07, 6.45) is 2.51. The molecule has 10 heteroatoms. The molecule has 1 atom stereocenters. The summed E-state index contributed by atoms with van der Waals surface area (Å²) in [5.41, 5.74) is 0. The number of aromatic nitrogens is 4. The quantitative estimate of drug-likeness (QED) is 0.378. The zero-order valence-electron chi connectivity index (χ0n) is 15.8. The highest BCUT2D eigenvalue weighted by molar-refractivity contribution is 14.0. The first kappa shape index (κ1) is 21.3. The molecule has 1 fully saturated rings. The maximum absolute atomic E-state index is 13.9. The molecular formula is C17H26FIN8. The Balaban J connectivity index is 0.00000261. The standard InChI is InChI=1S/C17H25FN8.HI/c1-4-19-17(21-10-15-24-23-12(2)25(15)3)22-13-7-9-26(11-13)16-14(18)6-5-8-20-16;/h5-6,8,13H,4,7,9-11H2,1-3H3,(H2,19,21,22);1H. The molecule has 1 aliphatic heterocycles. The second-order valence-electron chi connectivity index (χ2n) is 6.30. The zero-order chi connectivity index (χ0) is 18.5. The molecule has 27 heavy (non-hydrogen) atoms. The molecule has 0 radical (unpaired) electrons. The van der Waals surface area contributed by atoms with E-state index in [1.807, 2.05) is 30.4 Å². The summed E-state index contributed by atoms with van der Waals surface area (Å²) in [4.78, 5) is 10.7. The Morgan fingerprint density at radius 2 is 2.22 bits per heavy atom. The molecule has 2 aromatic heterocycles. The first-order valence-corrected chi connectivity index (χ1v) is 8.83. The number of aliphatic imine (C=N–C) groups is 1. The van der Waals surface area contributed by atoms with Gasteiger partial charge in [-0.25, -0.2) is 14.4 Å². The number of guanidine groups is 1. The van der Waals surface area contributed by atoms with Gasteiger partial charge in [0.15, 0.2) is 23.4 Å². The molecule has 0 amide bonds. The Kier molecular flexibility index (Phi) is 7.75. The van der Waals surface area contributed by atoms with Gasteiger partial charge in [0.1, 0.15) is 12.4 Å². The normalized spacial score (nSPS) is 17.0. The van der Waals surface area contributed by atoms with Crippen LogP contribution in [0.2, 0.25) is 0 Å². The summed E-state index contributed by atoms with van der Waals surface area (Å²) in [7, 11) is 1.93. The minimum atomic E-state index is -0.286.